The first-order chi connectivity index (χ1) is 14.3. The van der Waals surface area contributed by atoms with Gasteiger partial charge in [-0.1, -0.05) is 62.7 Å². The minimum absolute atomic E-state index is 0. The molecule has 0 bridgehead atoms. The number of hydrogen-bond acceptors (Lipinski definition) is 4. The van der Waals surface area contributed by atoms with Crippen LogP contribution in [0.5, 0.6) is 0 Å². The van der Waals surface area contributed by atoms with Crippen molar-refractivity contribution in [3.05, 3.63) is 33.8 Å². The molecule has 0 spiro atoms. The minimum Gasteiger partial charge on any atom is -0.550 e. The van der Waals surface area contributed by atoms with E-state index in [2.05, 4.69) is 19.2 Å². The van der Waals surface area contributed by atoms with Crippen molar-refractivity contribution >= 4 is 41.0 Å². The molecule has 0 aliphatic carbocycles. The molecule has 1 N–H and O–H groups in total. The topological polar surface area (TPSA) is 89.5 Å². The molecule has 31 heavy (non-hydrogen) atoms. The zero-order chi connectivity index (χ0) is 22.5. The van der Waals surface area contributed by atoms with Crippen LogP contribution in [-0.2, 0) is 9.59 Å². The molecule has 0 aliphatic heterocycles. The summed E-state index contributed by atoms with van der Waals surface area (Å²) < 4.78 is 0. The molecule has 0 saturated heterocycles. The molecule has 6 nitrogen and oxygen atoms in total. The number of carboxylic acids is 1. The molecule has 1 aromatic carbocycles. The van der Waals surface area contributed by atoms with Gasteiger partial charge >= 0.3 is 29.6 Å². The number of nitrogens with one attached hydrogen (secondary N) is 1. The average Bonchev–Trinajstić information content (AvgIpc) is 2.71. The second-order valence-corrected chi connectivity index (χ2v) is 8.12. The van der Waals surface area contributed by atoms with Crippen LogP contribution in [0.3, 0.4) is 0 Å². The molecular weight excluding hydrogens is 450 g/mol. The summed E-state index contributed by atoms with van der Waals surface area (Å²) in [6.45, 7) is 5.34. The van der Waals surface area contributed by atoms with Gasteiger partial charge in [0.05, 0.1) is 10.0 Å². The number of halogens is 2. The maximum absolute atomic E-state index is 13.2. The number of amides is 2. The summed E-state index contributed by atoms with van der Waals surface area (Å²) in [5, 5.41) is 14.2. The van der Waals surface area contributed by atoms with Crippen molar-refractivity contribution < 1.29 is 49.0 Å². The predicted octanol–water partition coefficient (Wildman–Crippen LogP) is 0.835. The number of rotatable bonds is 14. The average molecular weight is 481 g/mol. The van der Waals surface area contributed by atoms with Crippen LogP contribution in [-0.4, -0.2) is 41.8 Å². The summed E-state index contributed by atoms with van der Waals surface area (Å²) in [6, 6.07) is 3.47. The molecule has 0 aromatic heterocycles. The molecule has 168 valence electrons. The summed E-state index contributed by atoms with van der Waals surface area (Å²) in [5.74, 6) is -2.04. The third-order valence-corrected chi connectivity index (χ3v) is 5.54. The van der Waals surface area contributed by atoms with E-state index in [0.29, 0.717) is 18.1 Å². The molecule has 2 amide bonds. The zero-order valence-electron chi connectivity index (χ0n) is 18.7. The number of carbonyl (C=O) groups excluding carboxylic acids is 3. The Labute approximate surface area is 217 Å². The van der Waals surface area contributed by atoms with Gasteiger partial charge in [-0.2, -0.15) is 0 Å². The fraction of sp³-hybridized carbons (Fsp3) is 0.591. The van der Waals surface area contributed by atoms with Crippen LogP contribution in [0.25, 0.3) is 0 Å². The van der Waals surface area contributed by atoms with Gasteiger partial charge in [0.25, 0.3) is 5.91 Å². The first-order valence-electron chi connectivity index (χ1n) is 10.5. The molecule has 1 atom stereocenters. The van der Waals surface area contributed by atoms with Gasteiger partial charge in [0.2, 0.25) is 5.91 Å². The Morgan fingerprint density at radius 1 is 1.00 bits per heavy atom. The Kier molecular flexibility index (Phi) is 16.4. The Morgan fingerprint density at radius 2 is 1.58 bits per heavy atom. The van der Waals surface area contributed by atoms with Crippen LogP contribution in [0.2, 0.25) is 10.0 Å². The summed E-state index contributed by atoms with van der Waals surface area (Å²) in [6.07, 6.45) is 5.42. The van der Waals surface area contributed by atoms with E-state index >= 15 is 0 Å². The number of nitrogens with zero attached hydrogens (tertiary/aromatic N) is 1. The number of aliphatic carboxylic acids is 1. The molecule has 0 heterocycles. The van der Waals surface area contributed by atoms with Gasteiger partial charge in [-0.25, -0.2) is 0 Å². The van der Waals surface area contributed by atoms with Crippen molar-refractivity contribution in [2.24, 2.45) is 0 Å². The van der Waals surface area contributed by atoms with Gasteiger partial charge in [-0.3, -0.25) is 9.59 Å². The van der Waals surface area contributed by atoms with Gasteiger partial charge in [-0.05, 0) is 43.9 Å². The molecule has 0 radical (unpaired) electrons. The summed E-state index contributed by atoms with van der Waals surface area (Å²) in [7, 11) is 0. The van der Waals surface area contributed by atoms with Crippen LogP contribution in [0, 0.1) is 0 Å². The van der Waals surface area contributed by atoms with Crippen molar-refractivity contribution in [1.29, 1.82) is 0 Å². The first-order valence-corrected chi connectivity index (χ1v) is 11.3. The van der Waals surface area contributed by atoms with E-state index in [0.717, 1.165) is 38.5 Å². The summed E-state index contributed by atoms with van der Waals surface area (Å²) in [5.41, 5.74) is 0.249. The second kappa shape index (κ2) is 16.8. The van der Waals surface area contributed by atoms with E-state index < -0.39 is 17.9 Å². The van der Waals surface area contributed by atoms with E-state index in [9.17, 15) is 19.5 Å². The standard InChI is InChI=1S/C22H32Cl2N2O4.Na/c1-3-5-7-13-26(14-8-6-4-2)22(30)19(11-12-20(27)28)25-21(29)16-9-10-17(23)18(24)15-16;/h9-10,15,19H,3-8,11-14H2,1-2H3,(H,25,29)(H,27,28);/q;+1/p-1/t19-;/m1./s1. The van der Waals surface area contributed by atoms with Crippen LogP contribution in [0.15, 0.2) is 18.2 Å². The van der Waals surface area contributed by atoms with Crippen molar-refractivity contribution in [1.82, 2.24) is 10.2 Å². The fourth-order valence-corrected chi connectivity index (χ4v) is 3.35. The third-order valence-electron chi connectivity index (χ3n) is 4.80. The van der Waals surface area contributed by atoms with Crippen LogP contribution in [0.1, 0.15) is 75.6 Å². The van der Waals surface area contributed by atoms with Gasteiger partial charge < -0.3 is 20.1 Å². The predicted molar refractivity (Wildman–Crippen MR) is 118 cm³/mol. The zero-order valence-corrected chi connectivity index (χ0v) is 22.2. The van der Waals surface area contributed by atoms with E-state index in [-0.39, 0.29) is 58.9 Å². The maximum atomic E-state index is 13.2. The van der Waals surface area contributed by atoms with E-state index in [1.165, 1.54) is 18.2 Å². The molecule has 1 aromatic rings. The van der Waals surface area contributed by atoms with Crippen LogP contribution in [0.4, 0.5) is 0 Å². The monoisotopic (exact) mass is 480 g/mol. The first kappa shape index (κ1) is 30.2. The van der Waals surface area contributed by atoms with E-state index in [1.807, 2.05) is 0 Å². The minimum atomic E-state index is -1.26. The van der Waals surface area contributed by atoms with Gasteiger partial charge in [0.15, 0.2) is 0 Å². The number of carbonyl (C=O) groups is 3. The molecule has 9 heteroatoms. The Morgan fingerprint density at radius 3 is 2.06 bits per heavy atom. The quantitative estimate of drug-likeness (QED) is 0.315. The summed E-state index contributed by atoms with van der Waals surface area (Å²) >= 11 is 11.9. The van der Waals surface area contributed by atoms with Gasteiger partial charge in [0, 0.05) is 24.6 Å². The van der Waals surface area contributed by atoms with Crippen molar-refractivity contribution in [3.63, 3.8) is 0 Å². The molecular formula is C22H31Cl2N2NaO4. The van der Waals surface area contributed by atoms with Crippen molar-refractivity contribution in [2.75, 3.05) is 13.1 Å². The maximum Gasteiger partial charge on any atom is 1.00 e. The fourth-order valence-electron chi connectivity index (χ4n) is 3.06. The Balaban J connectivity index is 0.00000900. The number of carboxylic acid groups (broad SMARTS) is 1. The normalized spacial score (nSPS) is 11.4. The largest absolute Gasteiger partial charge is 1.00 e. The Hall–Kier alpha value is -0.790. The third kappa shape index (κ3) is 11.6. The molecule has 0 saturated carbocycles. The SMILES string of the molecule is CCCCCN(CCCCC)C(=O)[C@@H](CCC(=O)[O-])NC(=O)c1ccc(Cl)c(Cl)c1.[Na+]. The second-order valence-electron chi connectivity index (χ2n) is 7.31. The summed E-state index contributed by atoms with van der Waals surface area (Å²) in [4.78, 5) is 38.6. The molecule has 0 unspecified atom stereocenters. The molecule has 0 fully saturated rings. The number of unbranched alkanes of at least 4 members (excludes halogenated alkanes) is 4. The van der Waals surface area contributed by atoms with Gasteiger partial charge in [0.1, 0.15) is 6.04 Å². The van der Waals surface area contributed by atoms with Gasteiger partial charge in [-0.15, -0.1) is 0 Å². The smallest absolute Gasteiger partial charge is 0.550 e. The molecule has 0 aliphatic rings. The Bertz CT molecular complexity index is 709. The molecule has 1 rings (SSSR count). The van der Waals surface area contributed by atoms with Crippen molar-refractivity contribution in [2.45, 2.75) is 71.3 Å². The number of benzene rings is 1. The van der Waals surface area contributed by atoms with E-state index in [1.54, 1.807) is 4.90 Å². The van der Waals surface area contributed by atoms with Crippen LogP contribution < -0.4 is 40.0 Å². The van der Waals surface area contributed by atoms with Crippen LogP contribution >= 0.6 is 23.2 Å². The number of hydrogen-bond donors (Lipinski definition) is 1. The van der Waals surface area contributed by atoms with E-state index in [4.69, 9.17) is 23.2 Å². The van der Waals surface area contributed by atoms with Crippen molar-refractivity contribution in [3.8, 4) is 0 Å².